The Hall–Kier alpha value is -4.04. The van der Waals surface area contributed by atoms with Crippen molar-refractivity contribution in [3.05, 3.63) is 89.5 Å². The Balaban J connectivity index is 1.48. The van der Waals surface area contributed by atoms with Gasteiger partial charge >= 0.3 is 6.03 Å². The Morgan fingerprint density at radius 2 is 1.73 bits per heavy atom. The van der Waals surface area contributed by atoms with E-state index in [2.05, 4.69) is 20.6 Å². The van der Waals surface area contributed by atoms with Crippen molar-refractivity contribution in [1.82, 2.24) is 25.1 Å². The van der Waals surface area contributed by atoms with E-state index in [1.165, 1.54) is 0 Å². The lowest BCUT2D eigenvalue weighted by Gasteiger charge is -2.19. The van der Waals surface area contributed by atoms with Crippen LogP contribution >= 0.6 is 0 Å². The number of carbonyl (C=O) groups excluding carboxylic acids is 1. The van der Waals surface area contributed by atoms with Crippen LogP contribution in [0, 0.1) is 13.8 Å². The summed E-state index contributed by atoms with van der Waals surface area (Å²) >= 11 is 0. The maximum absolute atomic E-state index is 13.1. The lowest BCUT2D eigenvalue weighted by Crippen LogP contribution is -2.37. The predicted octanol–water partition coefficient (Wildman–Crippen LogP) is 3.73. The molecule has 5 rings (SSSR count). The summed E-state index contributed by atoms with van der Waals surface area (Å²) in [7, 11) is 0. The van der Waals surface area contributed by atoms with Gasteiger partial charge in [0.2, 0.25) is 0 Å². The highest BCUT2D eigenvalue weighted by Gasteiger charge is 2.32. The summed E-state index contributed by atoms with van der Waals surface area (Å²) < 4.78 is 1.70. The smallest absolute Gasteiger partial charge is 0.320 e. The standard InChI is InChI=1S/C25H24N6O2/c1-15-22(18-13-26-16(2)27-14-18)30-31(19-9-4-3-5-10-19)24(15)29-25(33)28-23-20-11-7-6-8-17(20)12-21(23)32/h3-11,13-14,21,23,32H,12H2,1-2H3,(H2,28,29,33). The number of aromatic nitrogens is 4. The van der Waals surface area contributed by atoms with E-state index in [1.54, 1.807) is 17.1 Å². The number of benzene rings is 2. The van der Waals surface area contributed by atoms with E-state index in [0.29, 0.717) is 23.8 Å². The highest BCUT2D eigenvalue weighted by atomic mass is 16.3. The first-order chi connectivity index (χ1) is 16.0. The minimum absolute atomic E-state index is 0.414. The third-order valence-electron chi connectivity index (χ3n) is 5.90. The van der Waals surface area contributed by atoms with Gasteiger partial charge in [-0.1, -0.05) is 42.5 Å². The summed E-state index contributed by atoms with van der Waals surface area (Å²) in [6.07, 6.45) is 3.29. The fourth-order valence-corrected chi connectivity index (χ4v) is 4.22. The van der Waals surface area contributed by atoms with Crippen LogP contribution in [0.25, 0.3) is 16.9 Å². The molecule has 1 aliphatic carbocycles. The van der Waals surface area contributed by atoms with Crippen LogP contribution < -0.4 is 10.6 Å². The number of rotatable bonds is 4. The van der Waals surface area contributed by atoms with Crippen molar-refractivity contribution < 1.29 is 9.90 Å². The molecule has 33 heavy (non-hydrogen) atoms. The van der Waals surface area contributed by atoms with Crippen LogP contribution in [0.3, 0.4) is 0 Å². The first-order valence-corrected chi connectivity index (χ1v) is 10.8. The molecule has 0 saturated heterocycles. The van der Waals surface area contributed by atoms with E-state index in [1.807, 2.05) is 68.4 Å². The molecule has 166 valence electrons. The summed E-state index contributed by atoms with van der Waals surface area (Å²) in [6, 6.07) is 16.5. The largest absolute Gasteiger partial charge is 0.390 e. The number of fused-ring (bicyclic) bond motifs is 1. The minimum atomic E-state index is -0.673. The number of nitrogens with zero attached hydrogens (tertiary/aromatic N) is 4. The second-order valence-electron chi connectivity index (χ2n) is 8.13. The maximum atomic E-state index is 13.1. The molecule has 0 bridgehead atoms. The Kier molecular flexibility index (Phi) is 5.35. The van der Waals surface area contributed by atoms with Crippen LogP contribution in [0.2, 0.25) is 0 Å². The van der Waals surface area contributed by atoms with Gasteiger partial charge in [0.05, 0.1) is 17.8 Å². The van der Waals surface area contributed by atoms with Gasteiger partial charge in [0.15, 0.2) is 0 Å². The van der Waals surface area contributed by atoms with Crippen LogP contribution in [-0.4, -0.2) is 37.0 Å². The van der Waals surface area contributed by atoms with Gasteiger partial charge in [0.25, 0.3) is 0 Å². The molecule has 2 heterocycles. The number of carbonyl (C=O) groups is 1. The molecule has 0 aliphatic heterocycles. The van der Waals surface area contributed by atoms with E-state index in [9.17, 15) is 9.90 Å². The Bertz CT molecular complexity index is 1300. The monoisotopic (exact) mass is 440 g/mol. The fourth-order valence-electron chi connectivity index (χ4n) is 4.22. The highest BCUT2D eigenvalue weighted by Crippen LogP contribution is 2.32. The average Bonchev–Trinajstić information content (AvgIpc) is 3.31. The zero-order valence-electron chi connectivity index (χ0n) is 18.4. The zero-order chi connectivity index (χ0) is 22.9. The minimum Gasteiger partial charge on any atom is -0.390 e. The molecule has 2 aromatic heterocycles. The predicted molar refractivity (Wildman–Crippen MR) is 125 cm³/mol. The summed E-state index contributed by atoms with van der Waals surface area (Å²) in [4.78, 5) is 21.6. The van der Waals surface area contributed by atoms with Crippen molar-refractivity contribution in [2.24, 2.45) is 0 Å². The summed E-state index contributed by atoms with van der Waals surface area (Å²) in [5, 5.41) is 21.2. The maximum Gasteiger partial charge on any atom is 0.320 e. The third-order valence-corrected chi connectivity index (χ3v) is 5.90. The molecular formula is C25H24N6O2. The summed E-state index contributed by atoms with van der Waals surface area (Å²) in [6.45, 7) is 3.73. The van der Waals surface area contributed by atoms with Gasteiger partial charge in [-0.3, -0.25) is 5.32 Å². The quantitative estimate of drug-likeness (QED) is 0.449. The molecule has 2 aromatic carbocycles. The molecule has 0 saturated carbocycles. The van der Waals surface area contributed by atoms with Gasteiger partial charge in [-0.15, -0.1) is 0 Å². The summed E-state index contributed by atoms with van der Waals surface area (Å²) in [5.41, 5.74) is 5.01. The van der Waals surface area contributed by atoms with Gasteiger partial charge in [-0.2, -0.15) is 5.10 Å². The van der Waals surface area contributed by atoms with E-state index < -0.39 is 18.2 Å². The van der Waals surface area contributed by atoms with Gasteiger partial charge in [-0.05, 0) is 37.1 Å². The van der Waals surface area contributed by atoms with Gasteiger partial charge in [0, 0.05) is 29.9 Å². The number of hydrogen-bond acceptors (Lipinski definition) is 5. The van der Waals surface area contributed by atoms with Crippen molar-refractivity contribution in [2.45, 2.75) is 32.4 Å². The molecule has 2 atom stereocenters. The fraction of sp³-hybridized carbons (Fsp3) is 0.200. The van der Waals surface area contributed by atoms with Crippen LogP contribution in [-0.2, 0) is 6.42 Å². The SMILES string of the molecule is Cc1ncc(-c2nn(-c3ccccc3)c(NC(=O)NC3c4ccccc4CC3O)c2C)cn1. The van der Waals surface area contributed by atoms with Gasteiger partial charge in [-0.25, -0.2) is 19.4 Å². The van der Waals surface area contributed by atoms with Crippen molar-refractivity contribution in [2.75, 3.05) is 5.32 Å². The van der Waals surface area contributed by atoms with Gasteiger partial charge in [0.1, 0.15) is 17.3 Å². The van der Waals surface area contributed by atoms with Crippen molar-refractivity contribution in [3.8, 4) is 16.9 Å². The molecule has 0 fully saturated rings. The number of urea groups is 1. The number of aliphatic hydroxyl groups is 1. The molecule has 0 spiro atoms. The topological polar surface area (TPSA) is 105 Å². The van der Waals surface area contributed by atoms with Crippen molar-refractivity contribution in [3.63, 3.8) is 0 Å². The van der Waals surface area contributed by atoms with Crippen molar-refractivity contribution >= 4 is 11.8 Å². The third kappa shape index (κ3) is 3.96. The van der Waals surface area contributed by atoms with Crippen LogP contribution in [0.15, 0.2) is 67.0 Å². The van der Waals surface area contributed by atoms with Crippen LogP contribution in [0.4, 0.5) is 10.6 Å². The zero-order valence-corrected chi connectivity index (χ0v) is 18.4. The normalized spacial score (nSPS) is 16.9. The molecule has 2 amide bonds. The number of para-hydroxylation sites is 1. The molecule has 0 radical (unpaired) electrons. The Labute approximate surface area is 191 Å². The molecule has 2 unspecified atom stereocenters. The molecular weight excluding hydrogens is 416 g/mol. The van der Waals surface area contributed by atoms with Crippen LogP contribution in [0.5, 0.6) is 0 Å². The van der Waals surface area contributed by atoms with E-state index in [4.69, 9.17) is 5.10 Å². The number of hydrogen-bond donors (Lipinski definition) is 3. The number of aryl methyl sites for hydroxylation is 1. The number of amides is 2. The molecule has 4 aromatic rings. The first-order valence-electron chi connectivity index (χ1n) is 10.8. The molecule has 3 N–H and O–H groups in total. The van der Waals surface area contributed by atoms with Gasteiger partial charge < -0.3 is 10.4 Å². The van der Waals surface area contributed by atoms with E-state index >= 15 is 0 Å². The number of anilines is 1. The lowest BCUT2D eigenvalue weighted by atomic mass is 10.1. The molecule has 8 nitrogen and oxygen atoms in total. The molecule has 8 heteroatoms. The van der Waals surface area contributed by atoms with E-state index in [0.717, 1.165) is 27.9 Å². The second-order valence-corrected chi connectivity index (χ2v) is 8.13. The lowest BCUT2D eigenvalue weighted by molar-refractivity contribution is 0.144. The highest BCUT2D eigenvalue weighted by molar-refractivity contribution is 5.91. The molecule has 1 aliphatic rings. The number of nitrogens with one attached hydrogen (secondary N) is 2. The van der Waals surface area contributed by atoms with E-state index in [-0.39, 0.29) is 0 Å². The number of aliphatic hydroxyl groups excluding tert-OH is 1. The van der Waals surface area contributed by atoms with Crippen LogP contribution in [0.1, 0.15) is 28.6 Å². The first kappa shape index (κ1) is 20.8. The average molecular weight is 441 g/mol. The Morgan fingerprint density at radius 1 is 1.03 bits per heavy atom. The second kappa shape index (κ2) is 8.48. The summed E-state index contributed by atoms with van der Waals surface area (Å²) in [5.74, 6) is 1.21. The Morgan fingerprint density at radius 3 is 2.48 bits per heavy atom. The van der Waals surface area contributed by atoms with Crippen molar-refractivity contribution in [1.29, 1.82) is 0 Å².